The van der Waals surface area contributed by atoms with E-state index in [-0.39, 0.29) is 11.6 Å². The van der Waals surface area contributed by atoms with Crippen molar-refractivity contribution in [3.8, 4) is 5.75 Å². The van der Waals surface area contributed by atoms with Crippen LogP contribution in [0.5, 0.6) is 5.75 Å². The third-order valence-electron chi connectivity index (χ3n) is 2.89. The van der Waals surface area contributed by atoms with Gasteiger partial charge >= 0.3 is 0 Å². The van der Waals surface area contributed by atoms with E-state index in [9.17, 15) is 9.50 Å². The van der Waals surface area contributed by atoms with Crippen LogP contribution < -0.4 is 5.43 Å². The molecule has 0 unspecified atom stereocenters. The number of hydrogen-bond acceptors (Lipinski definition) is 3. The van der Waals surface area contributed by atoms with E-state index in [0.29, 0.717) is 12.1 Å². The number of hydrazine groups is 1. The Bertz CT molecular complexity index is 351. The van der Waals surface area contributed by atoms with Crippen molar-refractivity contribution in [1.29, 1.82) is 0 Å². The van der Waals surface area contributed by atoms with Crippen molar-refractivity contribution in [2.75, 3.05) is 13.1 Å². The summed E-state index contributed by atoms with van der Waals surface area (Å²) in [6.07, 6.45) is 3.67. The Morgan fingerprint density at radius 1 is 1.25 bits per heavy atom. The van der Waals surface area contributed by atoms with Crippen molar-refractivity contribution < 1.29 is 9.50 Å². The van der Waals surface area contributed by atoms with Gasteiger partial charge in [0.2, 0.25) is 0 Å². The number of benzene rings is 1. The first-order chi connectivity index (χ1) is 7.75. The topological polar surface area (TPSA) is 35.5 Å². The molecule has 0 saturated carbocycles. The van der Waals surface area contributed by atoms with E-state index in [1.807, 2.05) is 0 Å². The van der Waals surface area contributed by atoms with E-state index in [1.54, 1.807) is 0 Å². The molecule has 0 aromatic heterocycles. The van der Waals surface area contributed by atoms with Crippen LogP contribution in [0.4, 0.5) is 4.39 Å². The summed E-state index contributed by atoms with van der Waals surface area (Å²) in [5.74, 6) is -0.167. The molecule has 1 heterocycles. The monoisotopic (exact) mass is 224 g/mol. The zero-order chi connectivity index (χ0) is 11.4. The first-order valence-electron chi connectivity index (χ1n) is 5.71. The fraction of sp³-hybridized carbons (Fsp3) is 0.500. The average Bonchev–Trinajstić information content (AvgIpc) is 2.32. The Labute approximate surface area is 94.9 Å². The van der Waals surface area contributed by atoms with Gasteiger partial charge in [0.1, 0.15) is 11.6 Å². The van der Waals surface area contributed by atoms with E-state index >= 15 is 0 Å². The predicted octanol–water partition coefficient (Wildman–Crippen LogP) is 2.02. The van der Waals surface area contributed by atoms with Crippen molar-refractivity contribution in [2.24, 2.45) is 0 Å². The molecule has 0 radical (unpaired) electrons. The smallest absolute Gasteiger partial charge is 0.123 e. The largest absolute Gasteiger partial charge is 0.508 e. The number of nitrogens with one attached hydrogen (secondary N) is 1. The van der Waals surface area contributed by atoms with Crippen molar-refractivity contribution >= 4 is 0 Å². The molecule has 0 bridgehead atoms. The first kappa shape index (κ1) is 11.4. The standard InChI is InChI=1S/C12H17FN2O/c13-11-4-5-12(16)10(8-11)9-14-15-6-2-1-3-7-15/h4-5,8,14,16H,1-3,6-7,9H2. The Hall–Kier alpha value is -1.13. The third-order valence-corrected chi connectivity index (χ3v) is 2.89. The average molecular weight is 224 g/mol. The number of hydrogen-bond donors (Lipinski definition) is 2. The molecule has 4 heteroatoms. The van der Waals surface area contributed by atoms with E-state index in [1.165, 1.54) is 37.5 Å². The van der Waals surface area contributed by atoms with Crippen LogP contribution >= 0.6 is 0 Å². The fourth-order valence-electron chi connectivity index (χ4n) is 1.94. The van der Waals surface area contributed by atoms with Crippen LogP contribution in [-0.2, 0) is 6.54 Å². The molecule has 1 aliphatic rings. The van der Waals surface area contributed by atoms with Crippen LogP contribution in [0.15, 0.2) is 18.2 Å². The zero-order valence-electron chi connectivity index (χ0n) is 9.25. The molecule has 2 N–H and O–H groups in total. The van der Waals surface area contributed by atoms with Gasteiger partial charge in [-0.2, -0.15) is 0 Å². The molecule has 3 nitrogen and oxygen atoms in total. The summed E-state index contributed by atoms with van der Waals surface area (Å²) in [5, 5.41) is 11.7. The molecule has 88 valence electrons. The van der Waals surface area contributed by atoms with Gasteiger partial charge in [-0.3, -0.25) is 5.43 Å². The van der Waals surface area contributed by atoms with Crippen LogP contribution in [0.25, 0.3) is 0 Å². The summed E-state index contributed by atoms with van der Waals surface area (Å²) in [6.45, 7) is 2.52. The van der Waals surface area contributed by atoms with E-state index in [2.05, 4.69) is 10.4 Å². The molecule has 0 aliphatic carbocycles. The molecule has 0 amide bonds. The summed E-state index contributed by atoms with van der Waals surface area (Å²) in [4.78, 5) is 0. The molecular formula is C12H17FN2O. The number of halogens is 1. The molecule has 1 aliphatic heterocycles. The molecule has 2 rings (SSSR count). The summed E-state index contributed by atoms with van der Waals surface area (Å²) in [6, 6.07) is 4.02. The van der Waals surface area contributed by atoms with E-state index in [4.69, 9.17) is 0 Å². The maximum Gasteiger partial charge on any atom is 0.123 e. The van der Waals surface area contributed by atoms with Gasteiger partial charge in [0.05, 0.1) is 0 Å². The minimum Gasteiger partial charge on any atom is -0.508 e. The third kappa shape index (κ3) is 2.93. The van der Waals surface area contributed by atoms with Crippen LogP contribution in [-0.4, -0.2) is 23.2 Å². The second-order valence-corrected chi connectivity index (χ2v) is 4.16. The van der Waals surface area contributed by atoms with Gasteiger partial charge in [0.25, 0.3) is 0 Å². The Kier molecular flexibility index (Phi) is 3.74. The zero-order valence-corrected chi connectivity index (χ0v) is 9.25. The molecular weight excluding hydrogens is 207 g/mol. The minimum absolute atomic E-state index is 0.144. The van der Waals surface area contributed by atoms with Crippen LogP contribution in [0.3, 0.4) is 0 Å². The summed E-state index contributed by atoms with van der Waals surface area (Å²) < 4.78 is 13.0. The maximum absolute atomic E-state index is 13.0. The Morgan fingerprint density at radius 3 is 2.75 bits per heavy atom. The lowest BCUT2D eigenvalue weighted by molar-refractivity contribution is 0.150. The number of rotatable bonds is 3. The Morgan fingerprint density at radius 2 is 2.00 bits per heavy atom. The molecule has 0 spiro atoms. The van der Waals surface area contributed by atoms with E-state index in [0.717, 1.165) is 13.1 Å². The highest BCUT2D eigenvalue weighted by atomic mass is 19.1. The van der Waals surface area contributed by atoms with Gasteiger partial charge in [-0.25, -0.2) is 9.40 Å². The maximum atomic E-state index is 13.0. The van der Waals surface area contributed by atoms with Crippen molar-refractivity contribution in [3.05, 3.63) is 29.6 Å². The number of phenols is 1. The second kappa shape index (κ2) is 5.27. The number of nitrogens with zero attached hydrogens (tertiary/aromatic N) is 1. The van der Waals surface area contributed by atoms with Gasteiger partial charge < -0.3 is 5.11 Å². The lowest BCUT2D eigenvalue weighted by atomic mass is 10.1. The van der Waals surface area contributed by atoms with Crippen molar-refractivity contribution in [1.82, 2.24) is 10.4 Å². The molecule has 16 heavy (non-hydrogen) atoms. The fourth-order valence-corrected chi connectivity index (χ4v) is 1.94. The second-order valence-electron chi connectivity index (χ2n) is 4.16. The van der Waals surface area contributed by atoms with Crippen LogP contribution in [0, 0.1) is 5.82 Å². The number of piperidine rings is 1. The Balaban J connectivity index is 1.90. The minimum atomic E-state index is -0.312. The summed E-state index contributed by atoms with van der Waals surface area (Å²) in [5.41, 5.74) is 3.81. The van der Waals surface area contributed by atoms with Gasteiger partial charge in [-0.1, -0.05) is 6.42 Å². The van der Waals surface area contributed by atoms with Gasteiger partial charge in [0, 0.05) is 25.2 Å². The highest BCUT2D eigenvalue weighted by Gasteiger charge is 2.10. The quantitative estimate of drug-likeness (QED) is 0.824. The molecule has 1 saturated heterocycles. The SMILES string of the molecule is Oc1ccc(F)cc1CNN1CCCCC1. The lowest BCUT2D eigenvalue weighted by Gasteiger charge is -2.27. The molecule has 1 aromatic carbocycles. The van der Waals surface area contributed by atoms with E-state index < -0.39 is 0 Å². The van der Waals surface area contributed by atoms with Gasteiger partial charge in [0.15, 0.2) is 0 Å². The molecule has 1 aromatic rings. The molecule has 0 atom stereocenters. The highest BCUT2D eigenvalue weighted by molar-refractivity contribution is 5.32. The van der Waals surface area contributed by atoms with Gasteiger partial charge in [-0.15, -0.1) is 0 Å². The van der Waals surface area contributed by atoms with Crippen LogP contribution in [0.2, 0.25) is 0 Å². The van der Waals surface area contributed by atoms with Crippen LogP contribution in [0.1, 0.15) is 24.8 Å². The van der Waals surface area contributed by atoms with Gasteiger partial charge in [-0.05, 0) is 31.0 Å². The molecule has 1 fully saturated rings. The first-order valence-corrected chi connectivity index (χ1v) is 5.71. The lowest BCUT2D eigenvalue weighted by Crippen LogP contribution is -2.41. The normalized spacial score (nSPS) is 17.6. The van der Waals surface area contributed by atoms with Crippen molar-refractivity contribution in [3.63, 3.8) is 0 Å². The summed E-state index contributed by atoms with van der Waals surface area (Å²) in [7, 11) is 0. The predicted molar refractivity (Wildman–Crippen MR) is 60.3 cm³/mol. The van der Waals surface area contributed by atoms with Crippen molar-refractivity contribution in [2.45, 2.75) is 25.8 Å². The highest BCUT2D eigenvalue weighted by Crippen LogP contribution is 2.17. The number of aromatic hydroxyl groups is 1. The number of phenolic OH excluding ortho intramolecular Hbond substituents is 1. The summed E-state index contributed by atoms with van der Waals surface area (Å²) >= 11 is 0.